The van der Waals surface area contributed by atoms with Crippen molar-refractivity contribution in [2.75, 3.05) is 0 Å². The van der Waals surface area contributed by atoms with Crippen LogP contribution in [0, 0.1) is 0 Å². The van der Waals surface area contributed by atoms with Gasteiger partial charge in [0.2, 0.25) is 15.9 Å². The van der Waals surface area contributed by atoms with Crippen molar-refractivity contribution < 1.29 is 26.4 Å². The molecule has 0 heterocycles. The first-order valence-corrected chi connectivity index (χ1v) is 8.13. The zero-order valence-corrected chi connectivity index (χ0v) is 13.0. The van der Waals surface area contributed by atoms with E-state index in [0.717, 1.165) is 12.1 Å². The molecule has 24 heavy (non-hydrogen) atoms. The lowest BCUT2D eigenvalue weighted by Gasteiger charge is -2.09. The summed E-state index contributed by atoms with van der Waals surface area (Å²) >= 11 is 0. The maximum atomic E-state index is 12.5. The number of carbonyl (C=O) groups excluding carboxylic acids is 1. The minimum absolute atomic E-state index is 0.0839. The summed E-state index contributed by atoms with van der Waals surface area (Å²) in [5, 5.41) is 0. The number of hydrogen-bond donors (Lipinski definition) is 2. The molecule has 0 radical (unpaired) electrons. The summed E-state index contributed by atoms with van der Waals surface area (Å²) < 4.78 is 63.9. The van der Waals surface area contributed by atoms with Gasteiger partial charge in [0, 0.05) is 12.1 Å². The molecule has 0 aliphatic rings. The van der Waals surface area contributed by atoms with Crippen molar-refractivity contribution in [3.63, 3.8) is 0 Å². The fraction of sp³-hybridized carbons (Fsp3) is 0.133. The first-order valence-electron chi connectivity index (χ1n) is 6.65. The van der Waals surface area contributed by atoms with Gasteiger partial charge >= 0.3 is 6.18 Å². The van der Waals surface area contributed by atoms with Crippen LogP contribution >= 0.6 is 0 Å². The Morgan fingerprint density at radius 3 is 2.00 bits per heavy atom. The van der Waals surface area contributed by atoms with Gasteiger partial charge in [0.25, 0.3) is 0 Å². The predicted molar refractivity (Wildman–Crippen MR) is 80.4 cm³/mol. The molecule has 3 N–H and O–H groups in total. The lowest BCUT2D eigenvalue weighted by molar-refractivity contribution is -0.137. The van der Waals surface area contributed by atoms with Gasteiger partial charge in [-0.2, -0.15) is 13.2 Å². The number of nitrogens with two attached hydrogens (primary N) is 1. The Labute approximate surface area is 136 Å². The number of carbonyl (C=O) groups is 1. The van der Waals surface area contributed by atoms with Gasteiger partial charge in [0.05, 0.1) is 10.5 Å². The summed E-state index contributed by atoms with van der Waals surface area (Å²) in [5.74, 6) is -0.684. The van der Waals surface area contributed by atoms with E-state index in [9.17, 15) is 26.4 Å². The topological polar surface area (TPSA) is 89.3 Å². The van der Waals surface area contributed by atoms with Crippen LogP contribution in [0.5, 0.6) is 0 Å². The van der Waals surface area contributed by atoms with Crippen LogP contribution in [0.1, 0.15) is 21.5 Å². The van der Waals surface area contributed by atoms with E-state index in [0.29, 0.717) is 5.56 Å². The summed E-state index contributed by atoms with van der Waals surface area (Å²) in [6.45, 7) is -0.169. The van der Waals surface area contributed by atoms with Gasteiger partial charge in [0.1, 0.15) is 0 Å². The molecule has 2 aromatic carbocycles. The summed E-state index contributed by atoms with van der Waals surface area (Å²) in [7, 11) is -3.86. The van der Waals surface area contributed by atoms with Crippen molar-refractivity contribution in [2.45, 2.75) is 17.6 Å². The molecule has 0 unspecified atom stereocenters. The number of halogens is 3. The van der Waals surface area contributed by atoms with E-state index < -0.39 is 27.7 Å². The van der Waals surface area contributed by atoms with E-state index in [4.69, 9.17) is 5.73 Å². The van der Waals surface area contributed by atoms with E-state index in [1.807, 2.05) is 0 Å². The summed E-state index contributed by atoms with van der Waals surface area (Å²) in [6, 6.07) is 9.13. The fourth-order valence-corrected chi connectivity index (χ4v) is 2.89. The second kappa shape index (κ2) is 6.62. The predicted octanol–water partition coefficient (Wildman–Crippen LogP) is 2.28. The first kappa shape index (κ1) is 18.0. The molecule has 0 aliphatic heterocycles. The van der Waals surface area contributed by atoms with Gasteiger partial charge in [-0.05, 0) is 42.0 Å². The standard InChI is InChI=1S/C15H13F3N2O3S/c16-15(17,18)12-5-1-10(2-6-12)9-20-24(22,23)13-7-3-11(4-8-13)14(19)21/h1-8,20H,9H2,(H2,19,21). The number of alkyl halides is 3. The smallest absolute Gasteiger partial charge is 0.366 e. The average molecular weight is 358 g/mol. The third-order valence-electron chi connectivity index (χ3n) is 3.20. The summed E-state index contributed by atoms with van der Waals surface area (Å²) in [5.41, 5.74) is 4.80. The largest absolute Gasteiger partial charge is 0.416 e. The third kappa shape index (κ3) is 4.33. The number of rotatable bonds is 5. The molecular formula is C15H13F3N2O3S. The van der Waals surface area contributed by atoms with Crippen LogP contribution in [0.3, 0.4) is 0 Å². The Morgan fingerprint density at radius 1 is 1.00 bits per heavy atom. The van der Waals surface area contributed by atoms with E-state index in [-0.39, 0.29) is 17.0 Å². The zero-order chi connectivity index (χ0) is 18.0. The van der Waals surface area contributed by atoms with Crippen LogP contribution in [0.25, 0.3) is 0 Å². The van der Waals surface area contributed by atoms with Crippen molar-refractivity contribution in [3.05, 3.63) is 65.2 Å². The Bertz CT molecular complexity index is 830. The number of primary amides is 1. The second-order valence-corrected chi connectivity index (χ2v) is 6.67. The Balaban J connectivity index is 2.08. The fourth-order valence-electron chi connectivity index (χ4n) is 1.87. The highest BCUT2D eigenvalue weighted by Crippen LogP contribution is 2.29. The number of hydrogen-bond acceptors (Lipinski definition) is 3. The molecule has 5 nitrogen and oxygen atoms in total. The molecule has 0 aromatic heterocycles. The molecule has 9 heteroatoms. The van der Waals surface area contributed by atoms with Crippen LogP contribution in [0.4, 0.5) is 13.2 Å². The molecule has 0 atom stereocenters. The van der Waals surface area contributed by atoms with E-state index in [1.54, 1.807) is 0 Å². The van der Waals surface area contributed by atoms with E-state index >= 15 is 0 Å². The molecule has 2 aromatic rings. The van der Waals surface area contributed by atoms with Crippen LogP contribution in [0.2, 0.25) is 0 Å². The van der Waals surface area contributed by atoms with Gasteiger partial charge < -0.3 is 5.73 Å². The number of benzene rings is 2. The Kier molecular flexibility index (Phi) is 4.95. The number of nitrogens with one attached hydrogen (secondary N) is 1. The average Bonchev–Trinajstić information content (AvgIpc) is 2.52. The highest BCUT2D eigenvalue weighted by atomic mass is 32.2. The Morgan fingerprint density at radius 2 is 1.54 bits per heavy atom. The number of sulfonamides is 1. The maximum Gasteiger partial charge on any atom is 0.416 e. The highest BCUT2D eigenvalue weighted by molar-refractivity contribution is 7.89. The van der Waals surface area contributed by atoms with E-state index in [2.05, 4.69) is 4.72 Å². The van der Waals surface area contributed by atoms with Crippen molar-refractivity contribution in [3.8, 4) is 0 Å². The van der Waals surface area contributed by atoms with E-state index in [1.165, 1.54) is 36.4 Å². The SMILES string of the molecule is NC(=O)c1ccc(S(=O)(=O)NCc2ccc(C(F)(F)F)cc2)cc1. The highest BCUT2D eigenvalue weighted by Gasteiger charge is 2.29. The lowest BCUT2D eigenvalue weighted by Crippen LogP contribution is -2.23. The summed E-state index contributed by atoms with van der Waals surface area (Å²) in [6.07, 6.45) is -4.44. The first-order chi connectivity index (χ1) is 11.1. The molecular weight excluding hydrogens is 345 g/mol. The molecule has 0 saturated carbocycles. The van der Waals surface area contributed by atoms with Crippen LogP contribution in [-0.2, 0) is 22.7 Å². The molecule has 0 fully saturated rings. The lowest BCUT2D eigenvalue weighted by atomic mass is 10.1. The summed E-state index contributed by atoms with van der Waals surface area (Å²) in [4.78, 5) is 10.9. The van der Waals surface area contributed by atoms with Gasteiger partial charge in [-0.15, -0.1) is 0 Å². The van der Waals surface area contributed by atoms with Gasteiger partial charge in [-0.1, -0.05) is 12.1 Å². The maximum absolute atomic E-state index is 12.5. The Hall–Kier alpha value is -2.39. The molecule has 1 amide bonds. The zero-order valence-electron chi connectivity index (χ0n) is 12.2. The van der Waals surface area contributed by atoms with Crippen LogP contribution < -0.4 is 10.5 Å². The van der Waals surface area contributed by atoms with Crippen LogP contribution in [0.15, 0.2) is 53.4 Å². The second-order valence-electron chi connectivity index (χ2n) is 4.91. The molecule has 0 spiro atoms. The third-order valence-corrected chi connectivity index (χ3v) is 4.61. The number of amides is 1. The quantitative estimate of drug-likeness (QED) is 0.859. The van der Waals surface area contributed by atoms with Gasteiger partial charge in [-0.25, -0.2) is 13.1 Å². The van der Waals surface area contributed by atoms with Crippen molar-refractivity contribution in [2.24, 2.45) is 5.73 Å². The minimum atomic E-state index is -4.44. The molecule has 0 saturated heterocycles. The molecule has 0 aliphatic carbocycles. The van der Waals surface area contributed by atoms with Gasteiger partial charge in [-0.3, -0.25) is 4.79 Å². The van der Waals surface area contributed by atoms with Crippen molar-refractivity contribution >= 4 is 15.9 Å². The monoisotopic (exact) mass is 358 g/mol. The van der Waals surface area contributed by atoms with Gasteiger partial charge in [0.15, 0.2) is 0 Å². The molecule has 0 bridgehead atoms. The normalized spacial score (nSPS) is 12.1. The van der Waals surface area contributed by atoms with Crippen molar-refractivity contribution in [1.82, 2.24) is 4.72 Å². The van der Waals surface area contributed by atoms with Crippen LogP contribution in [-0.4, -0.2) is 14.3 Å². The van der Waals surface area contributed by atoms with Crippen molar-refractivity contribution in [1.29, 1.82) is 0 Å². The molecule has 2 rings (SSSR count). The molecule has 128 valence electrons. The minimum Gasteiger partial charge on any atom is -0.366 e.